The fourth-order valence-corrected chi connectivity index (χ4v) is 4.54. The highest BCUT2D eigenvalue weighted by Crippen LogP contribution is 2.48. The molecule has 0 aliphatic carbocycles. The minimum absolute atomic E-state index is 0.000787. The number of carboxylic acids is 1. The van der Waals surface area contributed by atoms with Crippen molar-refractivity contribution < 1.29 is 19.1 Å². The van der Waals surface area contributed by atoms with E-state index in [1.807, 2.05) is 18.9 Å². The van der Waals surface area contributed by atoms with E-state index < -0.39 is 17.4 Å². The van der Waals surface area contributed by atoms with Crippen molar-refractivity contribution in [1.29, 1.82) is 0 Å². The number of likely N-dealkylation sites (N-methyl/N-ethyl adjacent to an activating group) is 2. The molecule has 2 fully saturated rings. The molecular weight excluding hydrogens is 349 g/mol. The first-order valence-corrected chi connectivity index (χ1v) is 9.49. The molecule has 148 valence electrons. The second-order valence-electron chi connectivity index (χ2n) is 7.74. The van der Waals surface area contributed by atoms with Gasteiger partial charge in [0.2, 0.25) is 5.91 Å². The molecule has 2 aliphatic rings. The predicted octanol–water partition coefficient (Wildman–Crippen LogP) is 1.83. The number of carbonyl (C=O) groups excluding carboxylic acids is 1. The molecule has 0 unspecified atom stereocenters. The zero-order valence-electron chi connectivity index (χ0n) is 16.2. The number of benzene rings is 1. The van der Waals surface area contributed by atoms with Crippen LogP contribution in [0.25, 0.3) is 0 Å². The number of aliphatic carboxylic acids is 1. The van der Waals surface area contributed by atoms with E-state index >= 15 is 0 Å². The van der Waals surface area contributed by atoms with Crippen molar-refractivity contribution in [3.63, 3.8) is 0 Å². The largest absolute Gasteiger partial charge is 0.480 e. The van der Waals surface area contributed by atoms with E-state index in [1.54, 1.807) is 24.1 Å². The normalized spacial score (nSPS) is 29.9. The van der Waals surface area contributed by atoms with Gasteiger partial charge in [-0.1, -0.05) is 19.1 Å². The molecule has 3 atom stereocenters. The first-order chi connectivity index (χ1) is 12.8. The van der Waals surface area contributed by atoms with Crippen molar-refractivity contribution in [3.8, 4) is 0 Å². The van der Waals surface area contributed by atoms with Crippen molar-refractivity contribution in [2.75, 3.05) is 40.3 Å². The Kier molecular flexibility index (Phi) is 5.53. The first kappa shape index (κ1) is 19.8. The number of carbonyl (C=O) groups is 2. The number of piperazine rings is 1. The lowest BCUT2D eigenvalue weighted by Gasteiger charge is -2.36. The van der Waals surface area contributed by atoms with Gasteiger partial charge in [0, 0.05) is 32.2 Å². The molecule has 0 spiro atoms. The summed E-state index contributed by atoms with van der Waals surface area (Å²) >= 11 is 0. The molecule has 1 aromatic rings. The number of nitrogens with zero attached hydrogens (tertiary/aromatic N) is 3. The number of hydrogen-bond acceptors (Lipinski definition) is 4. The van der Waals surface area contributed by atoms with Gasteiger partial charge in [-0.2, -0.15) is 0 Å². The maximum absolute atomic E-state index is 13.4. The summed E-state index contributed by atoms with van der Waals surface area (Å²) in [6, 6.07) is 5.68. The van der Waals surface area contributed by atoms with Gasteiger partial charge in [0.1, 0.15) is 11.4 Å². The minimum Gasteiger partial charge on any atom is -0.480 e. The van der Waals surface area contributed by atoms with Crippen LogP contribution in [0.5, 0.6) is 0 Å². The molecule has 0 aromatic heterocycles. The Morgan fingerprint density at radius 2 is 1.74 bits per heavy atom. The van der Waals surface area contributed by atoms with Gasteiger partial charge in [-0.15, -0.1) is 0 Å². The summed E-state index contributed by atoms with van der Waals surface area (Å²) in [4.78, 5) is 31.3. The molecule has 1 N–H and O–H groups in total. The number of amides is 1. The molecule has 0 bridgehead atoms. The third kappa shape index (κ3) is 3.46. The second-order valence-corrected chi connectivity index (χ2v) is 7.74. The number of hydrogen-bond donors (Lipinski definition) is 1. The van der Waals surface area contributed by atoms with E-state index in [0.717, 1.165) is 18.7 Å². The van der Waals surface area contributed by atoms with Crippen LogP contribution in [0.1, 0.15) is 31.4 Å². The van der Waals surface area contributed by atoms with Crippen LogP contribution in [0.3, 0.4) is 0 Å². The van der Waals surface area contributed by atoms with E-state index in [2.05, 4.69) is 4.90 Å². The molecule has 2 aliphatic heterocycles. The van der Waals surface area contributed by atoms with Crippen LogP contribution < -0.4 is 0 Å². The molecule has 1 aromatic carbocycles. The molecule has 27 heavy (non-hydrogen) atoms. The molecular formula is C20H28FN3O3. The highest BCUT2D eigenvalue weighted by Gasteiger charge is 2.56. The number of halogens is 1. The smallest absolute Gasteiger partial charge is 0.324 e. The van der Waals surface area contributed by atoms with Crippen LogP contribution in [0.2, 0.25) is 0 Å². The van der Waals surface area contributed by atoms with Gasteiger partial charge in [0.25, 0.3) is 0 Å². The van der Waals surface area contributed by atoms with Crippen LogP contribution in [0.15, 0.2) is 24.3 Å². The predicted molar refractivity (Wildman–Crippen MR) is 99.7 cm³/mol. The summed E-state index contributed by atoms with van der Waals surface area (Å²) in [5, 5.41) is 9.95. The van der Waals surface area contributed by atoms with Crippen molar-refractivity contribution in [1.82, 2.24) is 14.7 Å². The summed E-state index contributed by atoms with van der Waals surface area (Å²) in [6.07, 6.45) is 0.672. The molecule has 2 saturated heterocycles. The number of likely N-dealkylation sites (tertiary alicyclic amines) is 1. The summed E-state index contributed by atoms with van der Waals surface area (Å²) in [7, 11) is 3.79. The maximum Gasteiger partial charge on any atom is 0.324 e. The third-order valence-electron chi connectivity index (χ3n) is 6.36. The Balaban J connectivity index is 1.96. The highest BCUT2D eigenvalue weighted by atomic mass is 19.1. The van der Waals surface area contributed by atoms with Crippen LogP contribution in [0.4, 0.5) is 4.39 Å². The van der Waals surface area contributed by atoms with E-state index in [9.17, 15) is 19.1 Å². The van der Waals surface area contributed by atoms with Gasteiger partial charge in [0.05, 0.1) is 5.92 Å². The van der Waals surface area contributed by atoms with Gasteiger partial charge < -0.3 is 14.9 Å². The van der Waals surface area contributed by atoms with E-state index in [0.29, 0.717) is 19.5 Å². The quantitative estimate of drug-likeness (QED) is 0.867. The summed E-state index contributed by atoms with van der Waals surface area (Å²) in [5.74, 6) is -1.71. The molecule has 6 nitrogen and oxygen atoms in total. The zero-order valence-corrected chi connectivity index (χ0v) is 16.2. The molecule has 0 saturated carbocycles. The first-order valence-electron chi connectivity index (χ1n) is 9.49. The lowest BCUT2D eigenvalue weighted by Crippen LogP contribution is -2.49. The van der Waals surface area contributed by atoms with Gasteiger partial charge in [0.15, 0.2) is 0 Å². The number of rotatable bonds is 4. The van der Waals surface area contributed by atoms with Crippen molar-refractivity contribution in [2.45, 2.75) is 31.3 Å². The second kappa shape index (κ2) is 7.56. The van der Waals surface area contributed by atoms with E-state index in [1.165, 1.54) is 12.1 Å². The van der Waals surface area contributed by atoms with E-state index in [4.69, 9.17) is 0 Å². The van der Waals surface area contributed by atoms with Crippen LogP contribution >= 0.6 is 0 Å². The monoisotopic (exact) mass is 377 g/mol. The maximum atomic E-state index is 13.4. The Hall–Kier alpha value is -1.99. The average Bonchev–Trinajstić information content (AvgIpc) is 2.96. The topological polar surface area (TPSA) is 64.1 Å². The Bertz CT molecular complexity index is 703. The molecule has 7 heteroatoms. The van der Waals surface area contributed by atoms with E-state index in [-0.39, 0.29) is 24.2 Å². The lowest BCUT2D eigenvalue weighted by atomic mass is 9.86. The number of carboxylic acid groups (broad SMARTS) is 1. The van der Waals surface area contributed by atoms with Gasteiger partial charge >= 0.3 is 5.97 Å². The fourth-order valence-electron chi connectivity index (χ4n) is 4.54. The molecule has 3 rings (SSSR count). The molecule has 1 amide bonds. The minimum atomic E-state index is -1.09. The molecule has 0 radical (unpaired) electrons. The lowest BCUT2D eigenvalue weighted by molar-refractivity contribution is -0.150. The summed E-state index contributed by atoms with van der Waals surface area (Å²) < 4.78 is 13.4. The summed E-state index contributed by atoms with van der Waals surface area (Å²) in [6.45, 7) is 4.77. The standard InChI is InChI=1S/C20H28FN3O3/c1-4-20(19(26)27)13-16(18(25)24-11-9-22(2)10-12-24)17(23(20)3)14-5-7-15(21)8-6-14/h5-8,16-17H,4,9-13H2,1-3H3,(H,26,27)/t16-,17-,20-/m1/s1. The Morgan fingerprint density at radius 1 is 1.15 bits per heavy atom. The molecule has 2 heterocycles. The summed E-state index contributed by atoms with van der Waals surface area (Å²) in [5.41, 5.74) is -0.311. The third-order valence-corrected chi connectivity index (χ3v) is 6.36. The van der Waals surface area contributed by atoms with Crippen LogP contribution in [-0.4, -0.2) is 77.5 Å². The average molecular weight is 377 g/mol. The zero-order chi connectivity index (χ0) is 19.8. The van der Waals surface area contributed by atoms with Gasteiger partial charge in [-0.3, -0.25) is 14.5 Å². The fraction of sp³-hybridized carbons (Fsp3) is 0.600. The Labute approximate surface area is 159 Å². The van der Waals surface area contributed by atoms with Crippen molar-refractivity contribution in [2.24, 2.45) is 5.92 Å². The van der Waals surface area contributed by atoms with Crippen molar-refractivity contribution >= 4 is 11.9 Å². The SMILES string of the molecule is CC[C@]1(C(=O)O)C[C@@H](C(=O)N2CCN(C)CC2)[C@@H](c2ccc(F)cc2)N1C. The highest BCUT2D eigenvalue weighted by molar-refractivity contribution is 5.85. The van der Waals surface area contributed by atoms with Gasteiger partial charge in [-0.25, -0.2) is 4.39 Å². The van der Waals surface area contributed by atoms with Crippen LogP contribution in [0, 0.1) is 11.7 Å². The Morgan fingerprint density at radius 3 is 2.26 bits per heavy atom. The van der Waals surface area contributed by atoms with Crippen molar-refractivity contribution in [3.05, 3.63) is 35.6 Å². The van der Waals surface area contributed by atoms with Gasteiger partial charge in [-0.05, 0) is 44.6 Å². The van der Waals surface area contributed by atoms with Crippen LogP contribution in [-0.2, 0) is 9.59 Å².